The Hall–Kier alpha value is -2.29. The molecule has 2 aromatic heterocycles. The van der Waals surface area contributed by atoms with E-state index >= 15 is 0 Å². The number of ether oxygens (including phenoxy) is 3. The highest BCUT2D eigenvalue weighted by atomic mass is 32.2. The van der Waals surface area contributed by atoms with E-state index in [0.29, 0.717) is 13.3 Å². The van der Waals surface area contributed by atoms with Crippen LogP contribution in [0.3, 0.4) is 0 Å². The molecule has 1 aromatic carbocycles. The van der Waals surface area contributed by atoms with Gasteiger partial charge in [-0.1, -0.05) is 23.9 Å². The van der Waals surface area contributed by atoms with Gasteiger partial charge in [-0.3, -0.25) is 4.57 Å². The Morgan fingerprint density at radius 2 is 2.22 bits per heavy atom. The second kappa shape index (κ2) is 8.60. The maximum atomic E-state index is 5.63. The molecule has 3 heterocycles. The van der Waals surface area contributed by atoms with Crippen molar-refractivity contribution in [2.75, 3.05) is 26.3 Å². The van der Waals surface area contributed by atoms with Gasteiger partial charge in [0.25, 0.3) is 0 Å². The summed E-state index contributed by atoms with van der Waals surface area (Å²) in [6.45, 7) is 1.66. The fourth-order valence-corrected chi connectivity index (χ4v) is 3.88. The predicted molar refractivity (Wildman–Crippen MR) is 101 cm³/mol. The molecule has 0 N–H and O–H groups in total. The van der Waals surface area contributed by atoms with Crippen LogP contribution >= 0.6 is 11.8 Å². The third-order valence-corrected chi connectivity index (χ3v) is 5.41. The molecular weight excluding hydrogens is 366 g/mol. The second-order valence-electron chi connectivity index (χ2n) is 6.12. The first-order valence-electron chi connectivity index (χ1n) is 8.75. The van der Waals surface area contributed by atoms with E-state index in [0.717, 1.165) is 46.8 Å². The molecule has 0 unspecified atom stereocenters. The lowest BCUT2D eigenvalue weighted by Crippen LogP contribution is -2.25. The molecule has 0 amide bonds. The van der Waals surface area contributed by atoms with Gasteiger partial charge in [-0.25, -0.2) is 0 Å². The molecule has 1 aliphatic heterocycles. The molecule has 0 aliphatic carbocycles. The largest absolute Gasteiger partial charge is 0.497 e. The molecule has 1 atom stereocenters. The number of rotatable bonds is 7. The minimum atomic E-state index is 0.165. The molecule has 0 bridgehead atoms. The van der Waals surface area contributed by atoms with E-state index in [2.05, 4.69) is 14.8 Å². The Morgan fingerprint density at radius 1 is 1.26 bits per heavy atom. The van der Waals surface area contributed by atoms with Gasteiger partial charge >= 0.3 is 0 Å². The lowest BCUT2D eigenvalue weighted by molar-refractivity contribution is -0.130. The first kappa shape index (κ1) is 18.1. The van der Waals surface area contributed by atoms with Crippen molar-refractivity contribution in [2.45, 2.75) is 24.2 Å². The molecule has 0 radical (unpaired) electrons. The van der Waals surface area contributed by atoms with Gasteiger partial charge in [-0.05, 0) is 30.7 Å². The fraction of sp³-hybridized carbons (Fsp3) is 0.368. The van der Waals surface area contributed by atoms with Gasteiger partial charge in [0.05, 0.1) is 32.6 Å². The standard InChI is InChI=1S/C19H21N3O4S/c1-23-15-5-2-4-14(10-15)18-20-21-19(22(18)11-16-6-3-8-25-16)27-12-17-7-9-24-13-26-17/h2-6,8,10,17H,7,9,11-13H2,1H3/t17-/m1/s1. The first-order chi connectivity index (χ1) is 13.3. The average Bonchev–Trinajstić information content (AvgIpc) is 3.38. The molecule has 7 nitrogen and oxygen atoms in total. The van der Waals surface area contributed by atoms with E-state index in [9.17, 15) is 0 Å². The second-order valence-corrected chi connectivity index (χ2v) is 7.11. The normalized spacial score (nSPS) is 17.1. The zero-order chi connectivity index (χ0) is 18.5. The lowest BCUT2D eigenvalue weighted by Gasteiger charge is -2.22. The van der Waals surface area contributed by atoms with E-state index in [1.165, 1.54) is 0 Å². The predicted octanol–water partition coefficient (Wildman–Crippen LogP) is 3.45. The van der Waals surface area contributed by atoms with Gasteiger partial charge in [-0.15, -0.1) is 10.2 Å². The molecule has 1 fully saturated rings. The van der Waals surface area contributed by atoms with E-state index < -0.39 is 0 Å². The van der Waals surface area contributed by atoms with Crippen LogP contribution in [0.25, 0.3) is 11.4 Å². The van der Waals surface area contributed by atoms with E-state index in [-0.39, 0.29) is 6.10 Å². The summed E-state index contributed by atoms with van der Waals surface area (Å²) in [4.78, 5) is 0. The Morgan fingerprint density at radius 3 is 3.00 bits per heavy atom. The minimum Gasteiger partial charge on any atom is -0.497 e. The summed E-state index contributed by atoms with van der Waals surface area (Å²) in [5, 5.41) is 9.69. The Kier molecular flexibility index (Phi) is 5.76. The van der Waals surface area contributed by atoms with Crippen molar-refractivity contribution < 1.29 is 18.6 Å². The van der Waals surface area contributed by atoms with Crippen LogP contribution in [0.15, 0.2) is 52.2 Å². The Bertz CT molecular complexity index is 860. The van der Waals surface area contributed by atoms with Crippen molar-refractivity contribution >= 4 is 11.8 Å². The van der Waals surface area contributed by atoms with Crippen molar-refractivity contribution in [2.24, 2.45) is 0 Å². The van der Waals surface area contributed by atoms with Gasteiger partial charge < -0.3 is 18.6 Å². The zero-order valence-electron chi connectivity index (χ0n) is 15.0. The summed E-state index contributed by atoms with van der Waals surface area (Å²) in [5.74, 6) is 3.21. The van der Waals surface area contributed by atoms with Gasteiger partial charge in [0.1, 0.15) is 18.3 Å². The highest BCUT2D eigenvalue weighted by Gasteiger charge is 2.20. The molecular formula is C19H21N3O4S. The van der Waals surface area contributed by atoms with E-state index in [4.69, 9.17) is 18.6 Å². The van der Waals surface area contributed by atoms with Crippen LogP contribution in [-0.4, -0.2) is 47.1 Å². The summed E-state index contributed by atoms with van der Waals surface area (Å²) < 4.78 is 23.8. The molecule has 0 saturated carbocycles. The minimum absolute atomic E-state index is 0.165. The maximum Gasteiger partial charge on any atom is 0.192 e. The molecule has 1 aliphatic rings. The number of thioether (sulfide) groups is 1. The molecule has 3 aromatic rings. The third-order valence-electron chi connectivity index (χ3n) is 4.31. The van der Waals surface area contributed by atoms with Crippen molar-refractivity contribution in [1.29, 1.82) is 0 Å². The smallest absolute Gasteiger partial charge is 0.192 e. The Labute approximate surface area is 161 Å². The molecule has 4 rings (SSSR count). The maximum absolute atomic E-state index is 5.63. The number of furan rings is 1. The number of hydrogen-bond donors (Lipinski definition) is 0. The van der Waals surface area contributed by atoms with Gasteiger partial charge in [0, 0.05) is 11.3 Å². The third kappa shape index (κ3) is 4.35. The van der Waals surface area contributed by atoms with Crippen molar-refractivity contribution in [3.8, 4) is 17.1 Å². The van der Waals surface area contributed by atoms with E-state index in [1.54, 1.807) is 25.1 Å². The van der Waals surface area contributed by atoms with Crippen LogP contribution in [0.2, 0.25) is 0 Å². The van der Waals surface area contributed by atoms with Crippen molar-refractivity contribution in [1.82, 2.24) is 14.8 Å². The van der Waals surface area contributed by atoms with Crippen LogP contribution in [0, 0.1) is 0 Å². The van der Waals surface area contributed by atoms with Gasteiger partial charge in [-0.2, -0.15) is 0 Å². The Balaban J connectivity index is 1.60. The molecule has 142 valence electrons. The summed E-state index contributed by atoms with van der Waals surface area (Å²) in [7, 11) is 1.65. The van der Waals surface area contributed by atoms with E-state index in [1.807, 2.05) is 36.4 Å². The highest BCUT2D eigenvalue weighted by molar-refractivity contribution is 7.99. The number of hydrogen-bond acceptors (Lipinski definition) is 7. The lowest BCUT2D eigenvalue weighted by atomic mass is 10.2. The molecule has 1 saturated heterocycles. The van der Waals surface area contributed by atoms with Crippen LogP contribution in [0.1, 0.15) is 12.2 Å². The molecule has 0 spiro atoms. The number of aromatic nitrogens is 3. The fourth-order valence-electron chi connectivity index (χ4n) is 2.87. The SMILES string of the molecule is COc1cccc(-c2nnc(SC[C@H]3CCOCO3)n2Cc2ccco2)c1. The zero-order valence-corrected chi connectivity index (χ0v) is 15.9. The highest BCUT2D eigenvalue weighted by Crippen LogP contribution is 2.28. The molecule has 27 heavy (non-hydrogen) atoms. The summed E-state index contributed by atoms with van der Waals surface area (Å²) in [6.07, 6.45) is 2.73. The molecule has 8 heteroatoms. The summed E-state index contributed by atoms with van der Waals surface area (Å²) in [5.41, 5.74) is 0.947. The first-order valence-corrected chi connectivity index (χ1v) is 9.74. The van der Waals surface area contributed by atoms with Crippen LogP contribution in [-0.2, 0) is 16.0 Å². The summed E-state index contributed by atoms with van der Waals surface area (Å²) >= 11 is 1.64. The summed E-state index contributed by atoms with van der Waals surface area (Å²) in [6, 6.07) is 11.6. The topological polar surface area (TPSA) is 71.5 Å². The van der Waals surface area contributed by atoms with Gasteiger partial charge in [0.15, 0.2) is 11.0 Å². The number of methoxy groups -OCH3 is 1. The van der Waals surface area contributed by atoms with Crippen LogP contribution in [0.5, 0.6) is 5.75 Å². The average molecular weight is 387 g/mol. The number of benzene rings is 1. The van der Waals surface area contributed by atoms with Crippen LogP contribution < -0.4 is 4.74 Å². The van der Waals surface area contributed by atoms with Crippen molar-refractivity contribution in [3.63, 3.8) is 0 Å². The van der Waals surface area contributed by atoms with Crippen LogP contribution in [0.4, 0.5) is 0 Å². The number of nitrogens with zero attached hydrogens (tertiary/aromatic N) is 3. The van der Waals surface area contributed by atoms with Gasteiger partial charge in [0.2, 0.25) is 0 Å². The van der Waals surface area contributed by atoms with Crippen molar-refractivity contribution in [3.05, 3.63) is 48.4 Å². The monoisotopic (exact) mass is 387 g/mol. The quantitative estimate of drug-likeness (QED) is 0.575.